The van der Waals surface area contributed by atoms with Crippen molar-refractivity contribution in [3.05, 3.63) is 88.7 Å². The van der Waals surface area contributed by atoms with Crippen LogP contribution in [0.5, 0.6) is 0 Å². The lowest BCUT2D eigenvalue weighted by molar-refractivity contribution is -0.125. The van der Waals surface area contributed by atoms with E-state index in [9.17, 15) is 9.59 Å². The Morgan fingerprint density at radius 3 is 2.74 bits per heavy atom. The van der Waals surface area contributed by atoms with Crippen molar-refractivity contribution in [2.75, 3.05) is 30.0 Å². The van der Waals surface area contributed by atoms with Crippen LogP contribution in [0.25, 0.3) is 11.0 Å². The Balaban J connectivity index is 1.45. The number of imidazole rings is 1. The van der Waals surface area contributed by atoms with Gasteiger partial charge in [-0.2, -0.15) is 0 Å². The first-order valence-electron chi connectivity index (χ1n) is 11.0. The second-order valence-electron chi connectivity index (χ2n) is 8.22. The lowest BCUT2D eigenvalue weighted by Gasteiger charge is -2.28. The molecular formula is C26H23ClN4O3. The molecule has 172 valence electrons. The number of nitrogens with one attached hydrogen (secondary N) is 2. The van der Waals surface area contributed by atoms with Gasteiger partial charge >= 0.3 is 0 Å². The molecule has 34 heavy (non-hydrogen) atoms. The minimum atomic E-state index is -0.645. The fourth-order valence-electron chi connectivity index (χ4n) is 4.24. The first kappa shape index (κ1) is 22.1. The number of aryl methyl sites for hydroxylation is 1. The van der Waals surface area contributed by atoms with Crippen molar-refractivity contribution >= 4 is 45.8 Å². The normalized spacial score (nSPS) is 14.9. The van der Waals surface area contributed by atoms with E-state index in [2.05, 4.69) is 15.3 Å². The SMILES string of the molecule is Cc1cc(NC(=O)C(c2ccccc2)c2nc3ccc(Cl)cc3[nH]2)ccc1N1CCOCC1=O. The number of benzene rings is 3. The molecule has 0 bridgehead atoms. The number of carbonyl (C=O) groups is 2. The van der Waals surface area contributed by atoms with Crippen LogP contribution < -0.4 is 10.2 Å². The number of ether oxygens (including phenoxy) is 1. The van der Waals surface area contributed by atoms with Crippen molar-refractivity contribution in [1.82, 2.24) is 9.97 Å². The minimum Gasteiger partial charge on any atom is -0.370 e. The van der Waals surface area contributed by atoms with Crippen LogP contribution >= 0.6 is 11.6 Å². The molecule has 1 unspecified atom stereocenters. The molecule has 0 aliphatic carbocycles. The highest BCUT2D eigenvalue weighted by molar-refractivity contribution is 6.31. The minimum absolute atomic E-state index is 0.0692. The van der Waals surface area contributed by atoms with Crippen molar-refractivity contribution in [3.8, 4) is 0 Å². The number of nitrogens with zero attached hydrogens (tertiary/aromatic N) is 2. The number of morpholine rings is 1. The van der Waals surface area contributed by atoms with Gasteiger partial charge in [0.1, 0.15) is 18.3 Å². The van der Waals surface area contributed by atoms with Gasteiger partial charge in [-0.1, -0.05) is 41.9 Å². The third-order valence-corrected chi connectivity index (χ3v) is 6.11. The van der Waals surface area contributed by atoms with Crippen LogP contribution in [-0.4, -0.2) is 41.5 Å². The summed E-state index contributed by atoms with van der Waals surface area (Å²) in [6.45, 7) is 3.02. The zero-order valence-corrected chi connectivity index (χ0v) is 19.3. The Labute approximate surface area is 201 Å². The molecule has 2 N–H and O–H groups in total. The highest BCUT2D eigenvalue weighted by Gasteiger charge is 2.27. The number of anilines is 2. The maximum atomic E-state index is 13.5. The van der Waals surface area contributed by atoms with E-state index in [0.29, 0.717) is 29.7 Å². The number of fused-ring (bicyclic) bond motifs is 1. The molecule has 7 nitrogen and oxygen atoms in total. The molecule has 3 aromatic carbocycles. The number of H-pyrrole nitrogens is 1. The number of halogens is 1. The second kappa shape index (κ2) is 9.29. The van der Waals surface area contributed by atoms with Crippen LogP contribution in [0.2, 0.25) is 5.02 Å². The van der Waals surface area contributed by atoms with Crippen LogP contribution in [0.15, 0.2) is 66.7 Å². The highest BCUT2D eigenvalue weighted by atomic mass is 35.5. The highest BCUT2D eigenvalue weighted by Crippen LogP contribution is 2.29. The quantitative estimate of drug-likeness (QED) is 0.440. The van der Waals surface area contributed by atoms with Gasteiger partial charge in [0.15, 0.2) is 0 Å². The third-order valence-electron chi connectivity index (χ3n) is 5.87. The smallest absolute Gasteiger partial charge is 0.253 e. The molecule has 1 aliphatic rings. The van der Waals surface area contributed by atoms with E-state index >= 15 is 0 Å². The largest absolute Gasteiger partial charge is 0.370 e. The van der Waals surface area contributed by atoms with Crippen LogP contribution in [0.4, 0.5) is 11.4 Å². The molecule has 0 radical (unpaired) electrons. The lowest BCUT2D eigenvalue weighted by Crippen LogP contribution is -2.42. The van der Waals surface area contributed by atoms with E-state index in [-0.39, 0.29) is 18.4 Å². The molecule has 4 aromatic rings. The first-order chi connectivity index (χ1) is 16.5. The Kier molecular flexibility index (Phi) is 6.04. The molecule has 0 saturated carbocycles. The zero-order valence-electron chi connectivity index (χ0n) is 18.5. The summed E-state index contributed by atoms with van der Waals surface area (Å²) >= 11 is 6.13. The first-order valence-corrected chi connectivity index (χ1v) is 11.4. The van der Waals surface area contributed by atoms with Crippen molar-refractivity contribution in [2.24, 2.45) is 0 Å². The van der Waals surface area contributed by atoms with Gasteiger partial charge < -0.3 is 19.9 Å². The second-order valence-corrected chi connectivity index (χ2v) is 8.65. The van der Waals surface area contributed by atoms with Crippen molar-refractivity contribution in [3.63, 3.8) is 0 Å². The molecule has 8 heteroatoms. The van der Waals surface area contributed by atoms with Gasteiger partial charge in [-0.3, -0.25) is 9.59 Å². The third kappa shape index (κ3) is 4.40. The molecule has 1 aliphatic heterocycles. The average molecular weight is 475 g/mol. The number of aromatic amines is 1. The van der Waals surface area contributed by atoms with E-state index < -0.39 is 5.92 Å². The van der Waals surface area contributed by atoms with E-state index in [4.69, 9.17) is 16.3 Å². The number of carbonyl (C=O) groups excluding carboxylic acids is 2. The summed E-state index contributed by atoms with van der Waals surface area (Å²) in [4.78, 5) is 35.4. The Bertz CT molecular complexity index is 1370. The molecule has 1 atom stereocenters. The Hall–Kier alpha value is -3.68. The van der Waals surface area contributed by atoms with Crippen molar-refractivity contribution in [2.45, 2.75) is 12.8 Å². The number of rotatable bonds is 5. The summed E-state index contributed by atoms with van der Waals surface area (Å²) in [6.07, 6.45) is 0. The van der Waals surface area contributed by atoms with E-state index in [1.807, 2.05) is 61.5 Å². The van der Waals surface area contributed by atoms with Gasteiger partial charge in [0.2, 0.25) is 5.91 Å². The maximum Gasteiger partial charge on any atom is 0.253 e. The summed E-state index contributed by atoms with van der Waals surface area (Å²) in [5.41, 5.74) is 4.68. The van der Waals surface area contributed by atoms with Crippen molar-refractivity contribution in [1.29, 1.82) is 0 Å². The predicted molar refractivity (Wildman–Crippen MR) is 132 cm³/mol. The molecule has 2 amide bonds. The van der Waals surface area contributed by atoms with E-state index in [1.54, 1.807) is 17.0 Å². The van der Waals surface area contributed by atoms with Crippen LogP contribution in [0.1, 0.15) is 22.9 Å². The molecule has 1 aromatic heterocycles. The maximum absolute atomic E-state index is 13.5. The average Bonchev–Trinajstić information content (AvgIpc) is 3.23. The van der Waals surface area contributed by atoms with Crippen LogP contribution in [-0.2, 0) is 14.3 Å². The van der Waals surface area contributed by atoms with Gasteiger partial charge in [-0.15, -0.1) is 0 Å². The summed E-state index contributed by atoms with van der Waals surface area (Å²) < 4.78 is 5.22. The molecule has 5 rings (SSSR count). The summed E-state index contributed by atoms with van der Waals surface area (Å²) in [7, 11) is 0. The molecule has 1 saturated heterocycles. The summed E-state index contributed by atoms with van der Waals surface area (Å²) in [6, 6.07) is 20.4. The van der Waals surface area contributed by atoms with Gasteiger partial charge in [0.05, 0.1) is 17.6 Å². The molecule has 2 heterocycles. The van der Waals surface area contributed by atoms with Gasteiger partial charge in [0, 0.05) is 22.9 Å². The molecule has 1 fully saturated rings. The van der Waals surface area contributed by atoms with E-state index in [0.717, 1.165) is 27.8 Å². The van der Waals surface area contributed by atoms with Crippen LogP contribution in [0.3, 0.4) is 0 Å². The predicted octanol–water partition coefficient (Wildman–Crippen LogP) is 4.66. The van der Waals surface area contributed by atoms with Crippen LogP contribution in [0, 0.1) is 6.92 Å². The Morgan fingerprint density at radius 2 is 1.97 bits per heavy atom. The number of hydrogen-bond donors (Lipinski definition) is 2. The molecule has 0 spiro atoms. The fourth-order valence-corrected chi connectivity index (χ4v) is 4.41. The lowest BCUT2D eigenvalue weighted by atomic mass is 9.97. The number of aromatic nitrogens is 2. The van der Waals surface area contributed by atoms with Gasteiger partial charge in [0.25, 0.3) is 5.91 Å². The fraction of sp³-hybridized carbons (Fsp3) is 0.192. The topological polar surface area (TPSA) is 87.3 Å². The number of hydrogen-bond acceptors (Lipinski definition) is 4. The number of amides is 2. The monoisotopic (exact) mass is 474 g/mol. The Morgan fingerprint density at radius 1 is 1.15 bits per heavy atom. The van der Waals surface area contributed by atoms with Gasteiger partial charge in [-0.25, -0.2) is 4.98 Å². The van der Waals surface area contributed by atoms with Gasteiger partial charge in [-0.05, 0) is 54.4 Å². The summed E-state index contributed by atoms with van der Waals surface area (Å²) in [5, 5.41) is 3.62. The zero-order chi connectivity index (χ0) is 23.7. The van der Waals surface area contributed by atoms with E-state index in [1.165, 1.54) is 0 Å². The summed E-state index contributed by atoms with van der Waals surface area (Å²) in [5.74, 6) is -0.396. The van der Waals surface area contributed by atoms with Crippen molar-refractivity contribution < 1.29 is 14.3 Å². The molecular weight excluding hydrogens is 452 g/mol. The standard InChI is InChI=1S/C26H23ClN4O3/c1-16-13-19(8-10-22(16)31-11-12-34-15-23(31)32)28-26(33)24(17-5-3-2-4-6-17)25-29-20-9-7-18(27)14-21(20)30-25/h2-10,13-14,24H,11-12,15H2,1H3,(H,28,33)(H,29,30).